The van der Waals surface area contributed by atoms with E-state index < -0.39 is 17.8 Å². The molecule has 1 atom stereocenters. The highest BCUT2D eigenvalue weighted by Gasteiger charge is 2.20. The van der Waals surface area contributed by atoms with E-state index in [4.69, 9.17) is 5.73 Å². The summed E-state index contributed by atoms with van der Waals surface area (Å²) < 4.78 is 19.5. The molecule has 0 bridgehead atoms. The fourth-order valence-corrected chi connectivity index (χ4v) is 2.67. The van der Waals surface area contributed by atoms with E-state index in [0.29, 0.717) is 30.9 Å². The molecule has 0 aliphatic carbocycles. The molecule has 1 aromatic carbocycles. The number of methoxy groups -OCH3 is 1. The highest BCUT2D eigenvalue weighted by atomic mass is 19.1. The van der Waals surface area contributed by atoms with E-state index in [-0.39, 0.29) is 18.9 Å². The molecule has 0 unspecified atom stereocenters. The molecule has 0 spiro atoms. The number of likely N-dealkylation sites (N-methyl/N-ethyl adjacent to an activating group) is 1. The average Bonchev–Trinajstić information content (AvgIpc) is 3.08. The first-order valence-corrected chi connectivity index (χ1v) is 8.80. The smallest absolute Gasteiger partial charge is 0.307 e. The Hall–Kier alpha value is -2.85. The molecule has 0 fully saturated rings. The third kappa shape index (κ3) is 6.71. The van der Waals surface area contributed by atoms with Gasteiger partial charge in [0.1, 0.15) is 5.82 Å². The van der Waals surface area contributed by atoms with Crippen LogP contribution in [0.5, 0.6) is 0 Å². The molecule has 28 heavy (non-hydrogen) atoms. The second-order valence-corrected chi connectivity index (χ2v) is 6.39. The molecule has 0 saturated heterocycles. The summed E-state index contributed by atoms with van der Waals surface area (Å²) in [5.74, 6) is -1.15. The highest BCUT2D eigenvalue weighted by molar-refractivity contribution is 5.79. The summed E-state index contributed by atoms with van der Waals surface area (Å²) in [6.07, 6.45) is 1.73. The van der Waals surface area contributed by atoms with Gasteiger partial charge < -0.3 is 15.8 Å². The van der Waals surface area contributed by atoms with Gasteiger partial charge in [0.05, 0.1) is 38.4 Å². The molecule has 1 heterocycles. The van der Waals surface area contributed by atoms with Crippen LogP contribution in [0, 0.1) is 5.82 Å². The zero-order chi connectivity index (χ0) is 20.5. The largest absolute Gasteiger partial charge is 0.469 e. The summed E-state index contributed by atoms with van der Waals surface area (Å²) in [6.45, 7) is 1.55. The van der Waals surface area contributed by atoms with E-state index in [1.54, 1.807) is 22.8 Å². The van der Waals surface area contributed by atoms with Crippen molar-refractivity contribution in [2.24, 2.45) is 5.73 Å². The number of ether oxygens (including phenoxy) is 1. The average molecular weight is 392 g/mol. The minimum Gasteiger partial charge on any atom is -0.469 e. The first-order valence-electron chi connectivity index (χ1n) is 8.80. The van der Waals surface area contributed by atoms with E-state index in [2.05, 4.69) is 20.4 Å². The molecule has 2 aromatic rings. The van der Waals surface area contributed by atoms with Gasteiger partial charge in [-0.15, -0.1) is 5.10 Å². The molecular formula is C18H25FN6O3. The quantitative estimate of drug-likeness (QED) is 0.556. The summed E-state index contributed by atoms with van der Waals surface area (Å²) in [4.78, 5) is 25.9. The Morgan fingerprint density at radius 2 is 2.07 bits per heavy atom. The Bertz CT molecular complexity index is 780. The SMILES string of the molecule is COC(=O)C[C@@H](NC(=O)CN(C)Cc1cn(CCN)nn1)c1ccc(F)cc1. The molecule has 0 saturated carbocycles. The molecule has 9 nitrogen and oxygen atoms in total. The second-order valence-electron chi connectivity index (χ2n) is 6.39. The van der Waals surface area contributed by atoms with Crippen LogP contribution in [0.2, 0.25) is 0 Å². The molecule has 1 amide bonds. The van der Waals surface area contributed by atoms with Gasteiger partial charge in [-0.05, 0) is 24.7 Å². The predicted molar refractivity (Wildman–Crippen MR) is 99.3 cm³/mol. The van der Waals surface area contributed by atoms with Crippen molar-refractivity contribution in [3.63, 3.8) is 0 Å². The van der Waals surface area contributed by atoms with Gasteiger partial charge in [0, 0.05) is 19.3 Å². The van der Waals surface area contributed by atoms with Gasteiger partial charge in [0.25, 0.3) is 0 Å². The lowest BCUT2D eigenvalue weighted by Gasteiger charge is -2.21. The first-order chi connectivity index (χ1) is 13.4. The van der Waals surface area contributed by atoms with Crippen molar-refractivity contribution in [2.75, 3.05) is 27.2 Å². The van der Waals surface area contributed by atoms with Crippen LogP contribution >= 0.6 is 0 Å². The van der Waals surface area contributed by atoms with Gasteiger partial charge in [-0.25, -0.2) is 4.39 Å². The lowest BCUT2D eigenvalue weighted by Crippen LogP contribution is -2.38. The zero-order valence-corrected chi connectivity index (χ0v) is 16.0. The minimum atomic E-state index is -0.612. The second kappa shape index (κ2) is 10.5. The molecule has 2 rings (SSSR count). The highest BCUT2D eigenvalue weighted by Crippen LogP contribution is 2.18. The number of hydrogen-bond acceptors (Lipinski definition) is 7. The van der Waals surface area contributed by atoms with Crippen molar-refractivity contribution in [3.05, 3.63) is 47.5 Å². The normalized spacial score (nSPS) is 12.0. The van der Waals surface area contributed by atoms with Crippen molar-refractivity contribution >= 4 is 11.9 Å². The number of rotatable bonds is 10. The summed E-state index contributed by atoms with van der Waals surface area (Å²) >= 11 is 0. The third-order valence-corrected chi connectivity index (χ3v) is 4.00. The molecule has 0 radical (unpaired) electrons. The van der Waals surface area contributed by atoms with E-state index in [0.717, 1.165) is 0 Å². The molecular weight excluding hydrogens is 367 g/mol. The number of aromatic nitrogens is 3. The van der Waals surface area contributed by atoms with Gasteiger partial charge in [-0.2, -0.15) is 0 Å². The maximum absolute atomic E-state index is 13.2. The molecule has 1 aromatic heterocycles. The fourth-order valence-electron chi connectivity index (χ4n) is 2.67. The lowest BCUT2D eigenvalue weighted by molar-refractivity contribution is -0.141. The van der Waals surface area contributed by atoms with E-state index in [1.807, 2.05) is 0 Å². The third-order valence-electron chi connectivity index (χ3n) is 4.00. The minimum absolute atomic E-state index is 0.0506. The van der Waals surface area contributed by atoms with Crippen molar-refractivity contribution in [2.45, 2.75) is 25.6 Å². The van der Waals surface area contributed by atoms with Gasteiger partial charge in [-0.3, -0.25) is 19.2 Å². The van der Waals surface area contributed by atoms with Gasteiger partial charge in [-0.1, -0.05) is 17.3 Å². The molecule has 0 aliphatic heterocycles. The van der Waals surface area contributed by atoms with Gasteiger partial charge in [0.15, 0.2) is 0 Å². The number of halogens is 1. The van der Waals surface area contributed by atoms with Gasteiger partial charge in [0.2, 0.25) is 5.91 Å². The number of benzene rings is 1. The maximum Gasteiger partial charge on any atom is 0.307 e. The first kappa shape index (κ1) is 21.5. The van der Waals surface area contributed by atoms with Crippen LogP contribution in [0.3, 0.4) is 0 Å². The van der Waals surface area contributed by atoms with Crippen LogP contribution in [0.1, 0.15) is 23.7 Å². The number of esters is 1. The monoisotopic (exact) mass is 392 g/mol. The fraction of sp³-hybridized carbons (Fsp3) is 0.444. The Morgan fingerprint density at radius 1 is 1.36 bits per heavy atom. The molecule has 0 aliphatic rings. The lowest BCUT2D eigenvalue weighted by atomic mass is 10.0. The van der Waals surface area contributed by atoms with Crippen molar-refractivity contribution in [3.8, 4) is 0 Å². The van der Waals surface area contributed by atoms with Crippen LogP contribution in [0.25, 0.3) is 0 Å². The molecule has 10 heteroatoms. The van der Waals surface area contributed by atoms with E-state index >= 15 is 0 Å². The van der Waals surface area contributed by atoms with Crippen molar-refractivity contribution in [1.29, 1.82) is 0 Å². The molecule has 3 N–H and O–H groups in total. The number of carbonyl (C=O) groups excluding carboxylic acids is 2. The van der Waals surface area contributed by atoms with Crippen LogP contribution in [0.15, 0.2) is 30.5 Å². The van der Waals surface area contributed by atoms with Crippen molar-refractivity contribution in [1.82, 2.24) is 25.2 Å². The van der Waals surface area contributed by atoms with Crippen molar-refractivity contribution < 1.29 is 18.7 Å². The Morgan fingerprint density at radius 3 is 2.71 bits per heavy atom. The topological polar surface area (TPSA) is 115 Å². The zero-order valence-electron chi connectivity index (χ0n) is 16.0. The number of nitrogens with two attached hydrogens (primary N) is 1. The number of nitrogens with zero attached hydrogens (tertiary/aromatic N) is 4. The maximum atomic E-state index is 13.2. The van der Waals surface area contributed by atoms with E-state index in [9.17, 15) is 14.0 Å². The van der Waals surface area contributed by atoms with Crippen LogP contribution in [-0.4, -0.2) is 59.0 Å². The van der Waals surface area contributed by atoms with E-state index in [1.165, 1.54) is 31.4 Å². The Kier molecular flexibility index (Phi) is 8.02. The summed E-state index contributed by atoms with van der Waals surface area (Å²) in [5.41, 5.74) is 6.81. The summed E-state index contributed by atoms with van der Waals surface area (Å²) in [6, 6.07) is 5.01. The van der Waals surface area contributed by atoms with Crippen LogP contribution in [0.4, 0.5) is 4.39 Å². The van der Waals surface area contributed by atoms with Crippen LogP contribution < -0.4 is 11.1 Å². The van der Waals surface area contributed by atoms with Crippen LogP contribution in [-0.2, 0) is 27.4 Å². The van der Waals surface area contributed by atoms with Gasteiger partial charge >= 0.3 is 5.97 Å². The number of carbonyl (C=O) groups is 2. The standard InChI is InChI=1S/C18H25FN6O3/c1-24(10-15-11-25(8-7-20)23-22-15)12-17(26)21-16(9-18(27)28-2)13-3-5-14(19)6-4-13/h3-6,11,16H,7-10,12,20H2,1-2H3,(H,21,26)/t16-/m1/s1. The Balaban J connectivity index is 1.95. The molecule has 152 valence electrons. The predicted octanol–water partition coefficient (Wildman–Crippen LogP) is 0.228. The number of nitrogens with one attached hydrogen (secondary N) is 1. The summed E-state index contributed by atoms with van der Waals surface area (Å²) in [7, 11) is 3.05. The summed E-state index contributed by atoms with van der Waals surface area (Å²) in [5, 5.41) is 10.8. The number of amides is 1. The Labute approximate surface area is 162 Å². The number of hydrogen-bond donors (Lipinski definition) is 2.